The minimum atomic E-state index is -0.300. The number of aryl methyl sites for hydroxylation is 1. The van der Waals surface area contributed by atoms with Gasteiger partial charge in [0, 0.05) is 37.2 Å². The van der Waals surface area contributed by atoms with Crippen molar-refractivity contribution in [2.75, 3.05) is 46.9 Å². The zero-order valence-corrected chi connectivity index (χ0v) is 16.1. The smallest absolute Gasteiger partial charge is 0.270 e. The number of methoxy groups -OCH3 is 4. The molecule has 0 bridgehead atoms. The summed E-state index contributed by atoms with van der Waals surface area (Å²) in [6, 6.07) is 5.07. The molecule has 0 aliphatic heterocycles. The van der Waals surface area contributed by atoms with Crippen molar-refractivity contribution in [1.29, 1.82) is 0 Å². The summed E-state index contributed by atoms with van der Waals surface area (Å²) in [5, 5.41) is 5.80. The molecule has 0 saturated carbocycles. The molecule has 2 N–H and O–H groups in total. The molecule has 9 nitrogen and oxygen atoms in total. The van der Waals surface area contributed by atoms with Gasteiger partial charge in [-0.15, -0.1) is 0 Å². The first-order chi connectivity index (χ1) is 13.0. The highest BCUT2D eigenvalue weighted by Crippen LogP contribution is 2.40. The molecular formula is C18H24N4O5. The fourth-order valence-corrected chi connectivity index (χ4v) is 2.38. The third-order valence-corrected chi connectivity index (χ3v) is 3.60. The molecule has 0 radical (unpaired) electrons. The van der Waals surface area contributed by atoms with E-state index in [1.54, 1.807) is 32.2 Å². The van der Waals surface area contributed by atoms with Crippen LogP contribution in [-0.2, 0) is 4.74 Å². The maximum atomic E-state index is 12.2. The molecule has 0 aliphatic rings. The zero-order valence-electron chi connectivity index (χ0n) is 16.1. The van der Waals surface area contributed by atoms with Gasteiger partial charge in [0.25, 0.3) is 5.91 Å². The van der Waals surface area contributed by atoms with Gasteiger partial charge in [-0.05, 0) is 13.0 Å². The topological polar surface area (TPSA) is 104 Å². The maximum absolute atomic E-state index is 12.2. The zero-order chi connectivity index (χ0) is 19.8. The third kappa shape index (κ3) is 5.20. The van der Waals surface area contributed by atoms with Crippen LogP contribution < -0.4 is 24.8 Å². The summed E-state index contributed by atoms with van der Waals surface area (Å²) in [5.74, 6) is 1.44. The number of nitrogens with one attached hydrogen (secondary N) is 2. The lowest BCUT2D eigenvalue weighted by Gasteiger charge is -2.15. The summed E-state index contributed by atoms with van der Waals surface area (Å²) in [7, 11) is 6.17. The second kappa shape index (κ2) is 9.58. The lowest BCUT2D eigenvalue weighted by atomic mass is 10.2. The van der Waals surface area contributed by atoms with Crippen LogP contribution in [0.3, 0.4) is 0 Å². The number of benzene rings is 1. The van der Waals surface area contributed by atoms with Crippen molar-refractivity contribution >= 4 is 17.5 Å². The van der Waals surface area contributed by atoms with E-state index in [1.165, 1.54) is 21.3 Å². The van der Waals surface area contributed by atoms with Crippen molar-refractivity contribution in [1.82, 2.24) is 15.3 Å². The highest BCUT2D eigenvalue weighted by Gasteiger charge is 2.15. The van der Waals surface area contributed by atoms with Crippen molar-refractivity contribution in [3.63, 3.8) is 0 Å². The number of anilines is 2. The molecule has 2 rings (SSSR count). The van der Waals surface area contributed by atoms with E-state index in [2.05, 4.69) is 20.6 Å². The number of ether oxygens (including phenoxy) is 4. The highest BCUT2D eigenvalue weighted by atomic mass is 16.5. The number of aromatic nitrogens is 2. The van der Waals surface area contributed by atoms with Crippen molar-refractivity contribution < 1.29 is 23.7 Å². The Morgan fingerprint density at radius 1 is 1.00 bits per heavy atom. The Bertz CT molecular complexity index is 772. The molecule has 0 atom stereocenters. The Labute approximate surface area is 158 Å². The van der Waals surface area contributed by atoms with Crippen LogP contribution in [0.15, 0.2) is 18.2 Å². The summed E-state index contributed by atoms with van der Waals surface area (Å²) >= 11 is 0. The van der Waals surface area contributed by atoms with E-state index in [4.69, 9.17) is 18.9 Å². The molecule has 0 saturated heterocycles. The molecule has 0 aliphatic carbocycles. The number of carbonyl (C=O) groups excluding carboxylic acids is 1. The van der Waals surface area contributed by atoms with Crippen molar-refractivity contribution in [3.05, 3.63) is 29.6 Å². The quantitative estimate of drug-likeness (QED) is 0.640. The lowest BCUT2D eigenvalue weighted by molar-refractivity contribution is 0.0932. The predicted molar refractivity (Wildman–Crippen MR) is 100 cm³/mol. The van der Waals surface area contributed by atoms with E-state index in [0.29, 0.717) is 41.8 Å². The minimum absolute atomic E-state index is 0.258. The molecule has 0 unspecified atom stereocenters. The summed E-state index contributed by atoms with van der Waals surface area (Å²) in [6.45, 7) is 2.61. The van der Waals surface area contributed by atoms with Crippen LogP contribution in [0.5, 0.6) is 17.2 Å². The van der Waals surface area contributed by atoms with Gasteiger partial charge < -0.3 is 29.6 Å². The largest absolute Gasteiger partial charge is 0.493 e. The van der Waals surface area contributed by atoms with E-state index in [-0.39, 0.29) is 17.5 Å². The fraction of sp³-hybridized carbons (Fsp3) is 0.389. The molecular weight excluding hydrogens is 352 g/mol. The van der Waals surface area contributed by atoms with Gasteiger partial charge in [-0.3, -0.25) is 4.79 Å². The normalized spacial score (nSPS) is 10.3. The number of rotatable bonds is 9. The van der Waals surface area contributed by atoms with Crippen molar-refractivity contribution in [2.24, 2.45) is 0 Å². The van der Waals surface area contributed by atoms with Gasteiger partial charge >= 0.3 is 0 Å². The van der Waals surface area contributed by atoms with E-state index in [0.717, 1.165) is 0 Å². The Morgan fingerprint density at radius 3 is 2.22 bits per heavy atom. The average Bonchev–Trinajstić information content (AvgIpc) is 2.66. The summed E-state index contributed by atoms with van der Waals surface area (Å²) in [5.41, 5.74) is 1.53. The van der Waals surface area contributed by atoms with Crippen LogP contribution in [-0.4, -0.2) is 57.5 Å². The summed E-state index contributed by atoms with van der Waals surface area (Å²) in [4.78, 5) is 20.8. The molecule has 146 valence electrons. The number of amides is 1. The van der Waals surface area contributed by atoms with Crippen LogP contribution >= 0.6 is 0 Å². The van der Waals surface area contributed by atoms with Gasteiger partial charge in [0.05, 0.1) is 27.9 Å². The lowest BCUT2D eigenvalue weighted by Crippen LogP contribution is -2.28. The van der Waals surface area contributed by atoms with Gasteiger partial charge in [-0.1, -0.05) is 0 Å². The molecule has 2 aromatic rings. The number of hydrogen-bond acceptors (Lipinski definition) is 8. The van der Waals surface area contributed by atoms with E-state index in [1.807, 2.05) is 0 Å². The average molecular weight is 376 g/mol. The van der Waals surface area contributed by atoms with Gasteiger partial charge in [0.1, 0.15) is 5.69 Å². The van der Waals surface area contributed by atoms with Gasteiger partial charge in [-0.25, -0.2) is 9.97 Å². The maximum Gasteiger partial charge on any atom is 0.270 e. The first-order valence-corrected chi connectivity index (χ1v) is 8.22. The molecule has 1 amide bonds. The number of hydrogen-bond donors (Lipinski definition) is 2. The first kappa shape index (κ1) is 20.2. The van der Waals surface area contributed by atoms with Gasteiger partial charge in [-0.2, -0.15) is 0 Å². The minimum Gasteiger partial charge on any atom is -0.493 e. The Morgan fingerprint density at radius 2 is 1.67 bits per heavy atom. The van der Waals surface area contributed by atoms with E-state index in [9.17, 15) is 4.79 Å². The third-order valence-electron chi connectivity index (χ3n) is 3.60. The first-order valence-electron chi connectivity index (χ1n) is 8.22. The fourth-order valence-electron chi connectivity index (χ4n) is 2.38. The SMILES string of the molecule is COCCNC(=O)c1cc(C)nc(Nc2cc(OC)c(OC)c(OC)c2)n1. The van der Waals surface area contributed by atoms with Gasteiger partial charge in [0.2, 0.25) is 11.7 Å². The molecule has 1 aromatic carbocycles. The van der Waals surface area contributed by atoms with Gasteiger partial charge in [0.15, 0.2) is 11.5 Å². The van der Waals surface area contributed by atoms with Crippen molar-refractivity contribution in [2.45, 2.75) is 6.92 Å². The van der Waals surface area contributed by atoms with Crippen LogP contribution in [0.1, 0.15) is 16.2 Å². The monoisotopic (exact) mass is 376 g/mol. The van der Waals surface area contributed by atoms with E-state index >= 15 is 0 Å². The molecule has 0 spiro atoms. The molecule has 27 heavy (non-hydrogen) atoms. The van der Waals surface area contributed by atoms with Crippen LogP contribution in [0.4, 0.5) is 11.6 Å². The Kier molecular flexibility index (Phi) is 7.18. The second-order valence-electron chi connectivity index (χ2n) is 5.51. The molecule has 9 heteroatoms. The standard InChI is InChI=1S/C18H24N4O5/c1-11-8-13(17(23)19-6-7-24-2)22-18(20-11)21-12-9-14(25-3)16(27-5)15(10-12)26-4/h8-10H,6-7H2,1-5H3,(H,19,23)(H,20,21,22). The van der Waals surface area contributed by atoms with Crippen LogP contribution in [0, 0.1) is 6.92 Å². The predicted octanol–water partition coefficient (Wildman–Crippen LogP) is 1.93. The summed E-state index contributed by atoms with van der Waals surface area (Å²) < 4.78 is 20.9. The Balaban J connectivity index is 2.28. The number of nitrogens with zero attached hydrogens (tertiary/aromatic N) is 2. The molecule has 0 fully saturated rings. The van der Waals surface area contributed by atoms with Crippen LogP contribution in [0.25, 0.3) is 0 Å². The highest BCUT2D eigenvalue weighted by molar-refractivity contribution is 5.92. The van der Waals surface area contributed by atoms with Crippen molar-refractivity contribution in [3.8, 4) is 17.2 Å². The summed E-state index contributed by atoms with van der Waals surface area (Å²) in [6.07, 6.45) is 0. The number of carbonyl (C=O) groups is 1. The molecule has 1 heterocycles. The van der Waals surface area contributed by atoms with Crippen LogP contribution in [0.2, 0.25) is 0 Å². The molecule has 1 aromatic heterocycles. The van der Waals surface area contributed by atoms with E-state index < -0.39 is 0 Å². The Hall–Kier alpha value is -3.07. The second-order valence-corrected chi connectivity index (χ2v) is 5.51.